The van der Waals surface area contributed by atoms with Gasteiger partial charge in [0.25, 0.3) is 0 Å². The van der Waals surface area contributed by atoms with E-state index in [4.69, 9.17) is 19.3 Å². The lowest BCUT2D eigenvalue weighted by Crippen LogP contribution is -2.37. The zero-order chi connectivity index (χ0) is 12.1. The molecule has 4 unspecified atom stereocenters. The van der Waals surface area contributed by atoms with Crippen LogP contribution in [0.15, 0.2) is 0 Å². The molecule has 2 fully saturated rings. The van der Waals surface area contributed by atoms with E-state index in [-0.39, 0.29) is 31.0 Å². The van der Waals surface area contributed by atoms with Crippen LogP contribution in [0.1, 0.15) is 25.7 Å². The molecule has 0 aliphatic carbocycles. The Morgan fingerprint density at radius 3 is 2.59 bits per heavy atom. The summed E-state index contributed by atoms with van der Waals surface area (Å²) in [6.45, 7) is 1.84. The van der Waals surface area contributed by atoms with Crippen molar-refractivity contribution in [1.29, 1.82) is 0 Å². The molecule has 2 N–H and O–H groups in total. The van der Waals surface area contributed by atoms with Gasteiger partial charge in [-0.15, -0.1) is 0 Å². The highest BCUT2D eigenvalue weighted by molar-refractivity contribution is 4.74. The van der Waals surface area contributed by atoms with Crippen LogP contribution >= 0.6 is 0 Å². The van der Waals surface area contributed by atoms with Crippen molar-refractivity contribution in [2.45, 2.75) is 50.1 Å². The summed E-state index contributed by atoms with van der Waals surface area (Å²) in [7, 11) is 0. The van der Waals surface area contributed by atoms with Crippen LogP contribution in [-0.4, -0.2) is 61.1 Å². The van der Waals surface area contributed by atoms with Gasteiger partial charge < -0.3 is 24.4 Å². The van der Waals surface area contributed by atoms with E-state index in [0.717, 1.165) is 19.3 Å². The summed E-state index contributed by atoms with van der Waals surface area (Å²) in [5.74, 6) is 0. The first-order chi connectivity index (χ1) is 8.28. The highest BCUT2D eigenvalue weighted by Crippen LogP contribution is 2.19. The van der Waals surface area contributed by atoms with Crippen molar-refractivity contribution in [3.05, 3.63) is 0 Å². The molecular weight excluding hydrogens is 224 g/mol. The van der Waals surface area contributed by atoms with Crippen LogP contribution in [0.2, 0.25) is 0 Å². The Labute approximate surface area is 102 Å². The third kappa shape index (κ3) is 4.19. The van der Waals surface area contributed by atoms with Gasteiger partial charge >= 0.3 is 0 Å². The first kappa shape index (κ1) is 13.2. The minimum atomic E-state index is -0.253. The second kappa shape index (κ2) is 6.66. The Bertz CT molecular complexity index is 223. The van der Waals surface area contributed by atoms with Gasteiger partial charge in [-0.3, -0.25) is 0 Å². The lowest BCUT2D eigenvalue weighted by molar-refractivity contribution is -0.125. The van der Waals surface area contributed by atoms with Gasteiger partial charge in [0.1, 0.15) is 0 Å². The van der Waals surface area contributed by atoms with Crippen LogP contribution in [0.3, 0.4) is 0 Å². The Morgan fingerprint density at radius 2 is 1.82 bits per heavy atom. The van der Waals surface area contributed by atoms with Gasteiger partial charge in [-0.1, -0.05) is 0 Å². The number of rotatable bonds is 4. The average Bonchev–Trinajstić information content (AvgIpc) is 2.37. The highest BCUT2D eigenvalue weighted by Gasteiger charge is 2.25. The molecule has 0 aromatic heterocycles. The predicted molar refractivity (Wildman–Crippen MR) is 60.8 cm³/mol. The summed E-state index contributed by atoms with van der Waals surface area (Å²) in [5.41, 5.74) is 0. The maximum absolute atomic E-state index is 9.51. The molecule has 0 aromatic rings. The average molecular weight is 246 g/mol. The van der Waals surface area contributed by atoms with Crippen LogP contribution in [-0.2, 0) is 14.2 Å². The molecule has 2 saturated heterocycles. The van der Waals surface area contributed by atoms with Crippen molar-refractivity contribution in [1.82, 2.24) is 0 Å². The van der Waals surface area contributed by atoms with Crippen LogP contribution in [0.5, 0.6) is 0 Å². The molecule has 2 heterocycles. The summed E-state index contributed by atoms with van der Waals surface area (Å²) >= 11 is 0. The van der Waals surface area contributed by atoms with E-state index in [9.17, 15) is 5.11 Å². The molecule has 0 saturated carbocycles. The zero-order valence-electron chi connectivity index (χ0n) is 10.1. The van der Waals surface area contributed by atoms with Crippen LogP contribution in [0.4, 0.5) is 0 Å². The third-order valence-electron chi connectivity index (χ3n) is 3.38. The lowest BCUT2D eigenvalue weighted by atomic mass is 10.1. The second-order valence-corrected chi connectivity index (χ2v) is 4.83. The quantitative estimate of drug-likeness (QED) is 0.735. The molecule has 2 aliphatic rings. The molecule has 17 heavy (non-hydrogen) atoms. The summed E-state index contributed by atoms with van der Waals surface area (Å²) in [6, 6.07) is 0. The van der Waals surface area contributed by atoms with Gasteiger partial charge in [-0.05, 0) is 12.8 Å². The summed E-state index contributed by atoms with van der Waals surface area (Å²) < 4.78 is 16.7. The minimum Gasteiger partial charge on any atom is -0.394 e. The Balaban J connectivity index is 1.66. The molecule has 2 rings (SSSR count). The van der Waals surface area contributed by atoms with Gasteiger partial charge in [-0.25, -0.2) is 0 Å². The summed E-state index contributed by atoms with van der Waals surface area (Å²) in [6.07, 6.45) is 2.80. The van der Waals surface area contributed by atoms with Crippen molar-refractivity contribution in [2.24, 2.45) is 0 Å². The molecule has 100 valence electrons. The van der Waals surface area contributed by atoms with E-state index in [2.05, 4.69) is 0 Å². The maximum atomic E-state index is 9.51. The van der Waals surface area contributed by atoms with Crippen LogP contribution in [0.25, 0.3) is 0 Å². The molecule has 0 bridgehead atoms. The van der Waals surface area contributed by atoms with Crippen LogP contribution in [0, 0.1) is 0 Å². The van der Waals surface area contributed by atoms with Crippen molar-refractivity contribution < 1.29 is 24.4 Å². The second-order valence-electron chi connectivity index (χ2n) is 4.83. The van der Waals surface area contributed by atoms with E-state index in [1.54, 1.807) is 0 Å². The summed E-state index contributed by atoms with van der Waals surface area (Å²) in [5, 5.41) is 18.5. The van der Waals surface area contributed by atoms with Crippen molar-refractivity contribution in [3.63, 3.8) is 0 Å². The first-order valence-electron chi connectivity index (χ1n) is 6.41. The van der Waals surface area contributed by atoms with E-state index in [1.165, 1.54) is 0 Å². The van der Waals surface area contributed by atoms with Crippen molar-refractivity contribution in [2.75, 3.05) is 26.4 Å². The fourth-order valence-electron chi connectivity index (χ4n) is 2.34. The van der Waals surface area contributed by atoms with E-state index < -0.39 is 0 Å². The Hall–Kier alpha value is -0.200. The molecule has 5 nitrogen and oxygen atoms in total. The molecule has 5 heteroatoms. The van der Waals surface area contributed by atoms with E-state index in [0.29, 0.717) is 26.2 Å². The third-order valence-corrected chi connectivity index (χ3v) is 3.38. The molecule has 0 amide bonds. The molecule has 2 aliphatic heterocycles. The topological polar surface area (TPSA) is 68.2 Å². The Kier molecular flexibility index (Phi) is 5.18. The SMILES string of the molecule is OCC1CC(OCC2CC(O)CCO2)CCO1. The molecule has 0 radical (unpaired) electrons. The first-order valence-corrected chi connectivity index (χ1v) is 6.41. The van der Waals surface area contributed by atoms with E-state index in [1.807, 2.05) is 0 Å². The Morgan fingerprint density at radius 1 is 1.06 bits per heavy atom. The van der Waals surface area contributed by atoms with Crippen molar-refractivity contribution >= 4 is 0 Å². The van der Waals surface area contributed by atoms with E-state index >= 15 is 0 Å². The number of aliphatic hydroxyl groups excluding tert-OH is 2. The number of ether oxygens (including phenoxy) is 3. The minimum absolute atomic E-state index is 0.00849. The van der Waals surface area contributed by atoms with Gasteiger partial charge in [-0.2, -0.15) is 0 Å². The van der Waals surface area contributed by atoms with Gasteiger partial charge in [0.2, 0.25) is 0 Å². The predicted octanol–water partition coefficient (Wildman–Crippen LogP) is 0.0828. The number of hydrogen-bond donors (Lipinski definition) is 2. The smallest absolute Gasteiger partial charge is 0.0833 e. The zero-order valence-corrected chi connectivity index (χ0v) is 10.1. The summed E-state index contributed by atoms with van der Waals surface area (Å²) in [4.78, 5) is 0. The number of hydrogen-bond acceptors (Lipinski definition) is 5. The highest BCUT2D eigenvalue weighted by atomic mass is 16.5. The lowest BCUT2D eigenvalue weighted by Gasteiger charge is -2.31. The fraction of sp³-hybridized carbons (Fsp3) is 1.00. The van der Waals surface area contributed by atoms with Gasteiger partial charge in [0, 0.05) is 26.1 Å². The molecule has 0 aromatic carbocycles. The largest absolute Gasteiger partial charge is 0.394 e. The maximum Gasteiger partial charge on any atom is 0.0833 e. The molecule has 4 atom stereocenters. The monoisotopic (exact) mass is 246 g/mol. The molecular formula is C12H22O5. The van der Waals surface area contributed by atoms with Crippen molar-refractivity contribution in [3.8, 4) is 0 Å². The number of aliphatic hydroxyl groups is 2. The van der Waals surface area contributed by atoms with Gasteiger partial charge in [0.05, 0.1) is 37.6 Å². The molecule has 0 spiro atoms. The normalized spacial score (nSPS) is 39.2. The van der Waals surface area contributed by atoms with Crippen LogP contribution < -0.4 is 0 Å². The van der Waals surface area contributed by atoms with Gasteiger partial charge in [0.15, 0.2) is 0 Å². The fourth-order valence-corrected chi connectivity index (χ4v) is 2.34. The standard InChI is InChI=1S/C12H22O5/c13-7-11-6-10(2-4-15-11)17-8-12-5-9(14)1-3-16-12/h9-14H,1-8H2.